The number of para-hydroxylation sites is 1. The Bertz CT molecular complexity index is 1110. The molecule has 2 amide bonds. The lowest BCUT2D eigenvalue weighted by Gasteiger charge is -2.34. The number of amides is 2. The van der Waals surface area contributed by atoms with Crippen LogP contribution in [0.4, 0.5) is 5.69 Å². The molecule has 31 heavy (non-hydrogen) atoms. The van der Waals surface area contributed by atoms with E-state index in [-0.39, 0.29) is 17.9 Å². The molecule has 0 bridgehead atoms. The number of methoxy groups -OCH3 is 1. The van der Waals surface area contributed by atoms with E-state index < -0.39 is 23.1 Å². The molecule has 0 aromatic heterocycles. The molecule has 160 valence electrons. The zero-order chi connectivity index (χ0) is 22.3. The number of aliphatic hydroxyl groups excluding tert-OH is 1. The third-order valence-corrected chi connectivity index (χ3v) is 5.99. The monoisotopic (exact) mass is 420 g/mol. The van der Waals surface area contributed by atoms with Crippen molar-refractivity contribution in [3.05, 3.63) is 70.8 Å². The summed E-state index contributed by atoms with van der Waals surface area (Å²) in [5, 5.41) is 11.2. The molecular formula is C24H24N2O5. The van der Waals surface area contributed by atoms with E-state index in [1.807, 2.05) is 6.92 Å². The van der Waals surface area contributed by atoms with Crippen LogP contribution in [0.3, 0.4) is 0 Å². The number of carbonyl (C=O) groups excluding carboxylic acids is 3. The molecule has 0 aliphatic carbocycles. The standard InChI is InChI=1S/C24H24N2O5/c1-15-9-11-16(12-10-15)20(27)19-21(28)22(29)26(13-6-14-31-3)24(19)17-7-4-5-8-18(17)25(2)23(24)30/h4-5,7-12,27H,6,13-14H2,1-3H3. The van der Waals surface area contributed by atoms with Gasteiger partial charge in [-0.3, -0.25) is 14.4 Å². The van der Waals surface area contributed by atoms with Gasteiger partial charge in [-0.15, -0.1) is 0 Å². The van der Waals surface area contributed by atoms with Crippen LogP contribution in [0.5, 0.6) is 0 Å². The SMILES string of the molecule is COCCCN1C(=O)C(=O)C(=C(O)c2ccc(C)cc2)C12C(=O)N(C)c1ccccc12. The van der Waals surface area contributed by atoms with Gasteiger partial charge >= 0.3 is 0 Å². The van der Waals surface area contributed by atoms with E-state index in [0.29, 0.717) is 29.8 Å². The van der Waals surface area contributed by atoms with E-state index in [0.717, 1.165) is 5.56 Å². The van der Waals surface area contributed by atoms with Gasteiger partial charge in [0, 0.05) is 44.1 Å². The number of Topliss-reactive ketones (excluding diaryl/α,β-unsaturated/α-hetero) is 1. The van der Waals surface area contributed by atoms with Crippen molar-refractivity contribution in [1.29, 1.82) is 0 Å². The fourth-order valence-corrected chi connectivity index (χ4v) is 4.49. The zero-order valence-corrected chi connectivity index (χ0v) is 17.7. The van der Waals surface area contributed by atoms with Gasteiger partial charge in [-0.1, -0.05) is 48.0 Å². The van der Waals surface area contributed by atoms with Crippen LogP contribution in [0.25, 0.3) is 5.76 Å². The molecule has 2 aliphatic rings. The highest BCUT2D eigenvalue weighted by Crippen LogP contribution is 2.53. The van der Waals surface area contributed by atoms with Gasteiger partial charge in [-0.25, -0.2) is 0 Å². The molecule has 1 atom stereocenters. The summed E-state index contributed by atoms with van der Waals surface area (Å²) in [6.07, 6.45) is 0.439. The van der Waals surface area contributed by atoms with Crippen molar-refractivity contribution in [2.75, 3.05) is 32.2 Å². The van der Waals surface area contributed by atoms with E-state index in [2.05, 4.69) is 0 Å². The minimum Gasteiger partial charge on any atom is -0.507 e. The zero-order valence-electron chi connectivity index (χ0n) is 17.7. The number of likely N-dealkylation sites (N-methyl/N-ethyl adjacent to an activating group) is 1. The molecule has 0 radical (unpaired) electrons. The summed E-state index contributed by atoms with van der Waals surface area (Å²) in [5.41, 5.74) is 0.560. The molecule has 1 unspecified atom stereocenters. The molecule has 1 fully saturated rings. The maximum absolute atomic E-state index is 13.7. The van der Waals surface area contributed by atoms with Crippen molar-refractivity contribution in [2.24, 2.45) is 0 Å². The van der Waals surface area contributed by atoms with Crippen LogP contribution in [0, 0.1) is 6.92 Å². The van der Waals surface area contributed by atoms with E-state index in [4.69, 9.17) is 4.74 Å². The quantitative estimate of drug-likeness (QED) is 0.348. The Morgan fingerprint density at radius 3 is 2.42 bits per heavy atom. The molecule has 4 rings (SSSR count). The Kier molecular flexibility index (Phi) is 5.15. The van der Waals surface area contributed by atoms with Gasteiger partial charge in [0.1, 0.15) is 5.76 Å². The largest absolute Gasteiger partial charge is 0.507 e. The number of hydrogen-bond acceptors (Lipinski definition) is 5. The van der Waals surface area contributed by atoms with Gasteiger partial charge in [0.15, 0.2) is 5.54 Å². The smallest absolute Gasteiger partial charge is 0.296 e. The van der Waals surface area contributed by atoms with Crippen LogP contribution in [-0.2, 0) is 24.7 Å². The van der Waals surface area contributed by atoms with Gasteiger partial charge in [0.25, 0.3) is 17.6 Å². The predicted octanol–water partition coefficient (Wildman–Crippen LogP) is 2.58. The number of aryl methyl sites for hydroxylation is 1. The van der Waals surface area contributed by atoms with Crippen molar-refractivity contribution in [3.63, 3.8) is 0 Å². The third kappa shape index (κ3) is 2.88. The van der Waals surface area contributed by atoms with Gasteiger partial charge in [-0.2, -0.15) is 0 Å². The van der Waals surface area contributed by atoms with Crippen LogP contribution >= 0.6 is 0 Å². The first-order valence-electron chi connectivity index (χ1n) is 10.1. The van der Waals surface area contributed by atoms with Crippen LogP contribution in [0.1, 0.15) is 23.1 Å². The molecule has 1 saturated heterocycles. The highest BCUT2D eigenvalue weighted by molar-refractivity contribution is 6.50. The highest BCUT2D eigenvalue weighted by Gasteiger charge is 2.66. The molecule has 2 aliphatic heterocycles. The van der Waals surface area contributed by atoms with E-state index >= 15 is 0 Å². The third-order valence-electron chi connectivity index (χ3n) is 5.99. The molecule has 7 heteroatoms. The first-order chi connectivity index (χ1) is 14.9. The number of anilines is 1. The van der Waals surface area contributed by atoms with E-state index in [1.165, 1.54) is 9.80 Å². The number of likely N-dealkylation sites (tertiary alicyclic amines) is 1. The number of ketones is 1. The Morgan fingerprint density at radius 2 is 1.74 bits per heavy atom. The van der Waals surface area contributed by atoms with Gasteiger partial charge in [0.05, 0.1) is 5.57 Å². The van der Waals surface area contributed by atoms with Gasteiger partial charge < -0.3 is 19.6 Å². The molecular weight excluding hydrogens is 396 g/mol. The number of benzene rings is 2. The molecule has 2 aromatic rings. The van der Waals surface area contributed by atoms with Crippen LogP contribution in [0.15, 0.2) is 54.1 Å². The van der Waals surface area contributed by atoms with Gasteiger partial charge in [-0.05, 0) is 19.4 Å². The molecule has 2 heterocycles. The van der Waals surface area contributed by atoms with Crippen molar-refractivity contribution in [3.8, 4) is 0 Å². The summed E-state index contributed by atoms with van der Waals surface area (Å²) in [7, 11) is 3.15. The first kappa shape index (κ1) is 20.8. The minimum absolute atomic E-state index is 0.136. The minimum atomic E-state index is -1.71. The lowest BCUT2D eigenvalue weighted by Crippen LogP contribution is -2.51. The van der Waals surface area contributed by atoms with Gasteiger partial charge in [0.2, 0.25) is 0 Å². The van der Waals surface area contributed by atoms with Crippen molar-refractivity contribution in [1.82, 2.24) is 4.90 Å². The van der Waals surface area contributed by atoms with E-state index in [9.17, 15) is 19.5 Å². The number of rotatable bonds is 5. The number of carbonyl (C=O) groups is 3. The summed E-state index contributed by atoms with van der Waals surface area (Å²) in [6, 6.07) is 14.0. The Morgan fingerprint density at radius 1 is 1.06 bits per heavy atom. The summed E-state index contributed by atoms with van der Waals surface area (Å²) >= 11 is 0. The van der Waals surface area contributed by atoms with Crippen molar-refractivity contribution in [2.45, 2.75) is 18.9 Å². The van der Waals surface area contributed by atoms with Crippen LogP contribution in [0.2, 0.25) is 0 Å². The predicted molar refractivity (Wildman–Crippen MR) is 115 cm³/mol. The first-order valence-corrected chi connectivity index (χ1v) is 10.1. The summed E-state index contributed by atoms with van der Waals surface area (Å²) in [6.45, 7) is 2.41. The number of nitrogens with zero attached hydrogens (tertiary/aromatic N) is 2. The molecule has 1 spiro atoms. The Hall–Kier alpha value is -3.45. The maximum Gasteiger partial charge on any atom is 0.296 e. The number of ether oxygens (including phenoxy) is 1. The van der Waals surface area contributed by atoms with Crippen LogP contribution < -0.4 is 4.90 Å². The summed E-state index contributed by atoms with van der Waals surface area (Å²) in [5.74, 6) is -2.47. The highest BCUT2D eigenvalue weighted by atomic mass is 16.5. The molecule has 2 aromatic carbocycles. The average molecular weight is 420 g/mol. The second-order valence-corrected chi connectivity index (χ2v) is 7.81. The summed E-state index contributed by atoms with van der Waals surface area (Å²) < 4.78 is 5.11. The van der Waals surface area contributed by atoms with Crippen LogP contribution in [-0.4, -0.2) is 54.9 Å². The summed E-state index contributed by atoms with van der Waals surface area (Å²) in [4.78, 5) is 42.8. The Balaban J connectivity index is 2.01. The lowest BCUT2D eigenvalue weighted by molar-refractivity contribution is -0.143. The number of fused-ring (bicyclic) bond motifs is 2. The van der Waals surface area contributed by atoms with Crippen molar-refractivity contribution >= 4 is 29.0 Å². The van der Waals surface area contributed by atoms with Crippen molar-refractivity contribution < 1.29 is 24.2 Å². The van der Waals surface area contributed by atoms with E-state index in [1.54, 1.807) is 62.7 Å². The molecule has 7 nitrogen and oxygen atoms in total. The lowest BCUT2D eigenvalue weighted by atomic mass is 9.82. The number of hydrogen-bond donors (Lipinski definition) is 1. The second kappa shape index (κ2) is 7.67. The fourth-order valence-electron chi connectivity index (χ4n) is 4.49. The topological polar surface area (TPSA) is 87.1 Å². The molecule has 1 N–H and O–H groups in total. The number of aliphatic hydroxyl groups is 1. The normalized spacial score (nSPS) is 22.0. The molecule has 0 saturated carbocycles. The average Bonchev–Trinajstić information content (AvgIpc) is 3.13. The second-order valence-electron chi connectivity index (χ2n) is 7.81. The fraction of sp³-hybridized carbons (Fsp3) is 0.292. The Labute approximate surface area is 180 Å². The maximum atomic E-state index is 13.7.